The Morgan fingerprint density at radius 3 is 3.07 bits per heavy atom. The third kappa shape index (κ3) is 1.66. The summed E-state index contributed by atoms with van der Waals surface area (Å²) < 4.78 is 17.9. The molecule has 0 radical (unpaired) electrons. The van der Waals surface area contributed by atoms with E-state index in [0.29, 0.717) is 25.1 Å². The van der Waals surface area contributed by atoms with Gasteiger partial charge in [-0.25, -0.2) is 0 Å². The molecule has 1 aliphatic carbocycles. The molecule has 6 aliphatic rings. The smallest absolute Gasteiger partial charge is 0.307 e. The number of carbonyl (C=O) groups excluding carboxylic acids is 1. The molecule has 7 rings (SSSR count). The first-order chi connectivity index (χ1) is 14.1. The number of anilines is 1. The van der Waals surface area contributed by atoms with Gasteiger partial charge >= 0.3 is 5.97 Å². The quantitative estimate of drug-likeness (QED) is 0.538. The van der Waals surface area contributed by atoms with Crippen molar-refractivity contribution in [2.45, 2.75) is 55.8 Å². The second-order valence-corrected chi connectivity index (χ2v) is 9.67. The summed E-state index contributed by atoms with van der Waals surface area (Å²) in [5.74, 6) is 1.68. The van der Waals surface area contributed by atoms with Crippen molar-refractivity contribution in [3.05, 3.63) is 29.8 Å². The van der Waals surface area contributed by atoms with Crippen molar-refractivity contribution < 1.29 is 19.0 Å². The lowest BCUT2D eigenvalue weighted by Gasteiger charge is -2.57. The van der Waals surface area contributed by atoms with Gasteiger partial charge in [0.1, 0.15) is 12.7 Å². The van der Waals surface area contributed by atoms with E-state index in [1.54, 1.807) is 7.11 Å². The molecule has 152 valence electrons. The van der Waals surface area contributed by atoms with Crippen LogP contribution in [-0.4, -0.2) is 61.9 Å². The fourth-order valence-electron chi connectivity index (χ4n) is 7.85. The lowest BCUT2D eigenvalue weighted by molar-refractivity contribution is -0.143. The molecule has 1 aromatic rings. The van der Waals surface area contributed by atoms with Crippen LogP contribution in [0.25, 0.3) is 0 Å². The Kier molecular flexibility index (Phi) is 2.91. The number of fused-ring (bicyclic) bond motifs is 1. The molecule has 5 aliphatic heterocycles. The zero-order valence-corrected chi connectivity index (χ0v) is 16.9. The number of carbonyl (C=O) groups is 1. The van der Waals surface area contributed by atoms with Crippen molar-refractivity contribution in [3.8, 4) is 11.5 Å². The Balaban J connectivity index is 1.52. The Hall–Kier alpha value is -2.21. The minimum Gasteiger partial charge on any atom is -0.493 e. The van der Waals surface area contributed by atoms with Crippen LogP contribution in [0.5, 0.6) is 11.5 Å². The fraction of sp³-hybridized carbons (Fsp3) is 0.609. The molecule has 2 spiro atoms. The Morgan fingerprint density at radius 1 is 1.31 bits per heavy atom. The monoisotopic (exact) mass is 394 g/mol. The summed E-state index contributed by atoms with van der Waals surface area (Å²) in [7, 11) is 1.71. The van der Waals surface area contributed by atoms with E-state index in [0.717, 1.165) is 37.4 Å². The second-order valence-electron chi connectivity index (χ2n) is 9.67. The lowest BCUT2D eigenvalue weighted by Crippen LogP contribution is -2.68. The van der Waals surface area contributed by atoms with Crippen LogP contribution in [0.15, 0.2) is 24.3 Å². The van der Waals surface area contributed by atoms with Crippen molar-refractivity contribution in [1.82, 2.24) is 4.90 Å². The van der Waals surface area contributed by atoms with E-state index in [1.165, 1.54) is 11.3 Å². The molecule has 1 saturated carbocycles. The summed E-state index contributed by atoms with van der Waals surface area (Å²) in [5, 5.41) is 0. The lowest BCUT2D eigenvalue weighted by atomic mass is 9.53. The van der Waals surface area contributed by atoms with Crippen molar-refractivity contribution in [2.24, 2.45) is 5.41 Å². The maximum Gasteiger partial charge on any atom is 0.307 e. The van der Waals surface area contributed by atoms with E-state index in [2.05, 4.69) is 41.0 Å². The van der Waals surface area contributed by atoms with Crippen LogP contribution in [0.3, 0.4) is 0 Å². The maximum atomic E-state index is 12.5. The summed E-state index contributed by atoms with van der Waals surface area (Å²) >= 11 is 0. The van der Waals surface area contributed by atoms with E-state index in [4.69, 9.17) is 14.2 Å². The summed E-state index contributed by atoms with van der Waals surface area (Å²) in [6, 6.07) is 5.27. The number of esters is 1. The van der Waals surface area contributed by atoms with Crippen molar-refractivity contribution >= 4 is 11.7 Å². The van der Waals surface area contributed by atoms with Crippen LogP contribution in [-0.2, 0) is 14.9 Å². The van der Waals surface area contributed by atoms with Gasteiger partial charge in [0.25, 0.3) is 0 Å². The standard InChI is InChI=1S/C23H26N2O4/c1-13-12-28-20-15(27-2)5-4-14-19(20)25(13)16-10-17-22(11-18(26)29-17)6-3-8-24-9-7-23(14,16)21(22)24/h3-6,13,16-17,21H,7-12H2,1-2H3. The molecule has 6 unspecified atom stereocenters. The van der Waals surface area contributed by atoms with Gasteiger partial charge in [-0.3, -0.25) is 9.69 Å². The second kappa shape index (κ2) is 5.09. The number of ether oxygens (including phenoxy) is 3. The first-order valence-corrected chi connectivity index (χ1v) is 10.8. The summed E-state index contributed by atoms with van der Waals surface area (Å²) in [6.45, 7) is 4.94. The Morgan fingerprint density at radius 2 is 2.21 bits per heavy atom. The van der Waals surface area contributed by atoms with Crippen LogP contribution in [0.1, 0.15) is 31.7 Å². The van der Waals surface area contributed by atoms with Gasteiger partial charge in [0.15, 0.2) is 11.5 Å². The zero-order valence-electron chi connectivity index (χ0n) is 16.9. The molecule has 3 fully saturated rings. The van der Waals surface area contributed by atoms with Gasteiger partial charge in [0.2, 0.25) is 0 Å². The molecule has 0 amide bonds. The Bertz CT molecular complexity index is 976. The van der Waals surface area contributed by atoms with Crippen LogP contribution in [0.2, 0.25) is 0 Å². The molecule has 29 heavy (non-hydrogen) atoms. The number of methoxy groups -OCH3 is 1. The van der Waals surface area contributed by atoms with Crippen LogP contribution in [0.4, 0.5) is 5.69 Å². The van der Waals surface area contributed by atoms with E-state index in [9.17, 15) is 4.79 Å². The van der Waals surface area contributed by atoms with Gasteiger partial charge < -0.3 is 19.1 Å². The maximum absolute atomic E-state index is 12.5. The number of benzene rings is 1. The highest BCUT2D eigenvalue weighted by molar-refractivity contribution is 5.80. The number of hydrogen-bond donors (Lipinski definition) is 0. The molecule has 6 nitrogen and oxygen atoms in total. The molecule has 6 heteroatoms. The molecule has 0 N–H and O–H groups in total. The average molecular weight is 394 g/mol. The van der Waals surface area contributed by atoms with Crippen molar-refractivity contribution in [2.75, 3.05) is 31.7 Å². The fourth-order valence-corrected chi connectivity index (χ4v) is 7.85. The van der Waals surface area contributed by atoms with Gasteiger partial charge in [0.05, 0.1) is 30.7 Å². The highest BCUT2D eigenvalue weighted by Gasteiger charge is 2.73. The van der Waals surface area contributed by atoms with Crippen LogP contribution in [0, 0.1) is 5.41 Å². The number of rotatable bonds is 1. The van der Waals surface area contributed by atoms with E-state index < -0.39 is 0 Å². The summed E-state index contributed by atoms with van der Waals surface area (Å²) in [6.07, 6.45) is 7.08. The van der Waals surface area contributed by atoms with Crippen molar-refractivity contribution in [1.29, 1.82) is 0 Å². The largest absolute Gasteiger partial charge is 0.493 e. The van der Waals surface area contributed by atoms with Crippen LogP contribution >= 0.6 is 0 Å². The highest BCUT2D eigenvalue weighted by atomic mass is 16.6. The van der Waals surface area contributed by atoms with E-state index >= 15 is 0 Å². The third-order valence-corrected chi connectivity index (χ3v) is 8.65. The minimum atomic E-state index is -0.201. The number of hydrogen-bond acceptors (Lipinski definition) is 6. The Labute approximate surface area is 170 Å². The van der Waals surface area contributed by atoms with E-state index in [1.807, 2.05) is 0 Å². The molecule has 1 aromatic carbocycles. The first-order valence-electron chi connectivity index (χ1n) is 10.8. The third-order valence-electron chi connectivity index (χ3n) is 8.65. The predicted octanol–water partition coefficient (Wildman–Crippen LogP) is 2.25. The molecule has 0 bridgehead atoms. The molecular weight excluding hydrogens is 368 g/mol. The SMILES string of the molecule is COc1ccc2c3c1OCC(C)N3C1CC3OC(=O)CC34C=CCN3CCC21C34. The predicted molar refractivity (Wildman–Crippen MR) is 107 cm³/mol. The topological polar surface area (TPSA) is 51.2 Å². The molecule has 5 heterocycles. The minimum absolute atomic E-state index is 0.00749. The summed E-state index contributed by atoms with van der Waals surface area (Å²) in [5.41, 5.74) is 2.43. The van der Waals surface area contributed by atoms with E-state index in [-0.39, 0.29) is 28.9 Å². The molecular formula is C23H26N2O4. The van der Waals surface area contributed by atoms with Gasteiger partial charge in [-0.1, -0.05) is 18.2 Å². The summed E-state index contributed by atoms with van der Waals surface area (Å²) in [4.78, 5) is 17.7. The van der Waals surface area contributed by atoms with Gasteiger partial charge in [0, 0.05) is 30.5 Å². The highest BCUT2D eigenvalue weighted by Crippen LogP contribution is 2.68. The van der Waals surface area contributed by atoms with Crippen LogP contribution < -0.4 is 14.4 Å². The number of nitrogens with zero attached hydrogens (tertiary/aromatic N) is 2. The van der Waals surface area contributed by atoms with Gasteiger partial charge in [-0.05, 0) is 31.5 Å². The normalized spacial score (nSPS) is 43.2. The van der Waals surface area contributed by atoms with Gasteiger partial charge in [-0.15, -0.1) is 0 Å². The molecule has 2 saturated heterocycles. The molecule has 6 atom stereocenters. The molecule has 0 aromatic heterocycles. The van der Waals surface area contributed by atoms with Gasteiger partial charge in [-0.2, -0.15) is 0 Å². The zero-order chi connectivity index (χ0) is 19.5. The van der Waals surface area contributed by atoms with Crippen molar-refractivity contribution in [3.63, 3.8) is 0 Å². The first kappa shape index (κ1) is 16.6. The average Bonchev–Trinajstić information content (AvgIpc) is 3.35.